The summed E-state index contributed by atoms with van der Waals surface area (Å²) in [4.78, 5) is 14.2. The van der Waals surface area contributed by atoms with E-state index in [0.29, 0.717) is 0 Å². The smallest absolute Gasteiger partial charge is 0.242 e. The Bertz CT molecular complexity index is 1070. The van der Waals surface area contributed by atoms with Crippen LogP contribution in [0.5, 0.6) is 0 Å². The van der Waals surface area contributed by atoms with Crippen molar-refractivity contribution in [3.63, 3.8) is 0 Å². The Morgan fingerprint density at radius 3 is 1.73 bits per heavy atom. The van der Waals surface area contributed by atoms with Gasteiger partial charge < -0.3 is 10.6 Å². The molecule has 0 saturated carbocycles. The fourth-order valence-corrected chi connectivity index (χ4v) is 4.11. The van der Waals surface area contributed by atoms with E-state index in [9.17, 15) is 4.79 Å². The molecule has 148 valence electrons. The number of nitrogens with one attached hydrogen (secondary N) is 2. The first-order chi connectivity index (χ1) is 14.8. The Labute approximate surface area is 181 Å². The molecule has 0 aromatic heterocycles. The topological polar surface area (TPSA) is 41.1 Å². The minimum absolute atomic E-state index is 0.0428. The normalized spacial score (nSPS) is 11.5. The number of carbonyl (C=O) groups is 1. The van der Waals surface area contributed by atoms with Crippen LogP contribution in [0.15, 0.2) is 120 Å². The maximum absolute atomic E-state index is 13.1. The SMILES string of the molecule is O=C(Nc1ccc(Nc2ccccc2)cc1)C(Sc1ccccc1)c1ccccc1. The van der Waals surface area contributed by atoms with Crippen LogP contribution in [-0.4, -0.2) is 5.91 Å². The van der Waals surface area contributed by atoms with Crippen LogP contribution in [0.2, 0.25) is 0 Å². The third-order valence-electron chi connectivity index (χ3n) is 4.55. The van der Waals surface area contributed by atoms with Crippen molar-refractivity contribution in [1.29, 1.82) is 0 Å². The van der Waals surface area contributed by atoms with Crippen molar-refractivity contribution in [3.8, 4) is 0 Å². The standard InChI is InChI=1S/C26H22N2OS/c29-26(25(20-10-4-1-5-11-20)30-24-14-8-3-9-15-24)28-23-18-16-22(17-19-23)27-21-12-6-2-7-13-21/h1-19,25,27H,(H,28,29). The largest absolute Gasteiger partial charge is 0.356 e. The van der Waals surface area contributed by atoms with Gasteiger partial charge in [-0.2, -0.15) is 0 Å². The Morgan fingerprint density at radius 1 is 0.600 bits per heavy atom. The third-order valence-corrected chi connectivity index (χ3v) is 5.82. The Hall–Kier alpha value is -3.50. The molecular weight excluding hydrogens is 388 g/mol. The summed E-state index contributed by atoms with van der Waals surface area (Å²) in [7, 11) is 0. The lowest BCUT2D eigenvalue weighted by Gasteiger charge is -2.17. The Morgan fingerprint density at radius 2 is 1.10 bits per heavy atom. The monoisotopic (exact) mass is 410 g/mol. The molecule has 0 heterocycles. The van der Waals surface area contributed by atoms with Crippen molar-refractivity contribution in [2.24, 2.45) is 0 Å². The third kappa shape index (κ3) is 5.31. The molecule has 4 heteroatoms. The zero-order chi connectivity index (χ0) is 20.6. The van der Waals surface area contributed by atoms with Gasteiger partial charge in [0.25, 0.3) is 0 Å². The van der Waals surface area contributed by atoms with Gasteiger partial charge >= 0.3 is 0 Å². The molecule has 3 nitrogen and oxygen atoms in total. The highest BCUT2D eigenvalue weighted by Gasteiger charge is 2.22. The van der Waals surface area contributed by atoms with Gasteiger partial charge in [-0.15, -0.1) is 11.8 Å². The molecule has 4 aromatic rings. The molecule has 0 saturated heterocycles. The van der Waals surface area contributed by atoms with Gasteiger partial charge in [-0.1, -0.05) is 66.7 Å². The number of hydrogen-bond donors (Lipinski definition) is 2. The van der Waals surface area contributed by atoms with E-state index in [-0.39, 0.29) is 11.2 Å². The van der Waals surface area contributed by atoms with E-state index in [4.69, 9.17) is 0 Å². The van der Waals surface area contributed by atoms with Crippen LogP contribution in [0, 0.1) is 0 Å². The molecule has 4 aromatic carbocycles. The first kappa shape index (κ1) is 19.8. The lowest BCUT2D eigenvalue weighted by atomic mass is 10.1. The first-order valence-electron chi connectivity index (χ1n) is 9.77. The van der Waals surface area contributed by atoms with E-state index in [0.717, 1.165) is 27.5 Å². The average Bonchev–Trinajstić information content (AvgIpc) is 2.81. The number of carbonyl (C=O) groups excluding carboxylic acids is 1. The number of benzene rings is 4. The van der Waals surface area contributed by atoms with Crippen molar-refractivity contribution in [3.05, 3.63) is 121 Å². The van der Waals surface area contributed by atoms with Gasteiger partial charge in [0.2, 0.25) is 5.91 Å². The lowest BCUT2D eigenvalue weighted by molar-refractivity contribution is -0.115. The number of para-hydroxylation sites is 1. The van der Waals surface area contributed by atoms with Gasteiger partial charge in [-0.3, -0.25) is 4.79 Å². The maximum atomic E-state index is 13.1. The van der Waals surface area contributed by atoms with Crippen LogP contribution < -0.4 is 10.6 Å². The summed E-state index contributed by atoms with van der Waals surface area (Å²) in [5.41, 5.74) is 3.74. The molecule has 0 fully saturated rings. The molecule has 0 aliphatic rings. The van der Waals surface area contributed by atoms with Gasteiger partial charge in [0.15, 0.2) is 0 Å². The maximum Gasteiger partial charge on any atom is 0.242 e. The van der Waals surface area contributed by atoms with Gasteiger partial charge in [0.1, 0.15) is 5.25 Å². The molecule has 0 aliphatic carbocycles. The molecule has 30 heavy (non-hydrogen) atoms. The van der Waals surface area contributed by atoms with E-state index >= 15 is 0 Å². The molecule has 0 spiro atoms. The van der Waals surface area contributed by atoms with Crippen LogP contribution in [0.1, 0.15) is 10.8 Å². The molecule has 0 bridgehead atoms. The molecule has 2 N–H and O–H groups in total. The number of thioether (sulfide) groups is 1. The summed E-state index contributed by atoms with van der Waals surface area (Å²) in [6, 6.07) is 37.6. The fourth-order valence-electron chi connectivity index (χ4n) is 3.07. The van der Waals surface area contributed by atoms with Gasteiger partial charge in [0, 0.05) is 22.0 Å². The van der Waals surface area contributed by atoms with Crippen LogP contribution in [-0.2, 0) is 4.79 Å². The molecule has 0 aliphatic heterocycles. The van der Waals surface area contributed by atoms with Crippen molar-refractivity contribution >= 4 is 34.7 Å². The highest BCUT2D eigenvalue weighted by atomic mass is 32.2. The number of amides is 1. The van der Waals surface area contributed by atoms with Gasteiger partial charge in [0.05, 0.1) is 0 Å². The summed E-state index contributed by atoms with van der Waals surface area (Å²) < 4.78 is 0. The number of rotatable bonds is 7. The van der Waals surface area contributed by atoms with Crippen molar-refractivity contribution in [2.45, 2.75) is 10.1 Å². The molecule has 1 unspecified atom stereocenters. The van der Waals surface area contributed by atoms with E-state index < -0.39 is 0 Å². The highest BCUT2D eigenvalue weighted by Crippen LogP contribution is 2.36. The second-order valence-corrected chi connectivity index (χ2v) is 7.96. The lowest BCUT2D eigenvalue weighted by Crippen LogP contribution is -2.19. The van der Waals surface area contributed by atoms with E-state index in [1.807, 2.05) is 115 Å². The number of hydrogen-bond acceptors (Lipinski definition) is 3. The predicted molar refractivity (Wildman–Crippen MR) is 126 cm³/mol. The van der Waals surface area contributed by atoms with Gasteiger partial charge in [-0.05, 0) is 54.1 Å². The highest BCUT2D eigenvalue weighted by molar-refractivity contribution is 8.00. The Kier molecular flexibility index (Phi) is 6.47. The minimum Gasteiger partial charge on any atom is -0.356 e. The van der Waals surface area contributed by atoms with Crippen molar-refractivity contribution < 1.29 is 4.79 Å². The second kappa shape index (κ2) is 9.81. The summed E-state index contributed by atoms with van der Waals surface area (Å²) in [5, 5.41) is 6.08. The molecule has 4 rings (SSSR count). The van der Waals surface area contributed by atoms with E-state index in [2.05, 4.69) is 10.6 Å². The fraction of sp³-hybridized carbons (Fsp3) is 0.0385. The molecule has 0 radical (unpaired) electrons. The van der Waals surface area contributed by atoms with Crippen molar-refractivity contribution in [1.82, 2.24) is 0 Å². The van der Waals surface area contributed by atoms with E-state index in [1.54, 1.807) is 11.8 Å². The zero-order valence-corrected chi connectivity index (χ0v) is 17.2. The predicted octanol–water partition coefficient (Wildman–Crippen LogP) is 6.90. The number of anilines is 3. The first-order valence-corrected chi connectivity index (χ1v) is 10.7. The van der Waals surface area contributed by atoms with Crippen LogP contribution in [0.3, 0.4) is 0 Å². The molecule has 1 amide bonds. The Balaban J connectivity index is 1.48. The minimum atomic E-state index is -0.337. The van der Waals surface area contributed by atoms with Crippen molar-refractivity contribution in [2.75, 3.05) is 10.6 Å². The summed E-state index contributed by atoms with van der Waals surface area (Å²) in [6.45, 7) is 0. The van der Waals surface area contributed by atoms with Crippen LogP contribution >= 0.6 is 11.8 Å². The van der Waals surface area contributed by atoms with E-state index in [1.165, 1.54) is 0 Å². The molecular formula is C26H22N2OS. The average molecular weight is 411 g/mol. The molecule has 1 atom stereocenters. The van der Waals surface area contributed by atoms with Gasteiger partial charge in [-0.25, -0.2) is 0 Å². The summed E-state index contributed by atoms with van der Waals surface area (Å²) in [5.74, 6) is -0.0428. The summed E-state index contributed by atoms with van der Waals surface area (Å²) >= 11 is 1.55. The zero-order valence-electron chi connectivity index (χ0n) is 16.4. The second-order valence-electron chi connectivity index (χ2n) is 6.78. The summed E-state index contributed by atoms with van der Waals surface area (Å²) in [6.07, 6.45) is 0. The van der Waals surface area contributed by atoms with Crippen LogP contribution in [0.4, 0.5) is 17.1 Å². The quantitative estimate of drug-likeness (QED) is 0.326. The van der Waals surface area contributed by atoms with Crippen LogP contribution in [0.25, 0.3) is 0 Å².